The molecule has 0 spiro atoms. The number of carboxylic acids is 2. The highest BCUT2D eigenvalue weighted by Gasteiger charge is 2.15. The highest BCUT2D eigenvalue weighted by molar-refractivity contribution is 5.74. The van der Waals surface area contributed by atoms with Crippen LogP contribution in [0.2, 0.25) is 0 Å². The SMILES string of the molecule is N=C(N)NCCC[C@H](NCCCCCCCCCC(=O)O)C(=O)O. The van der Waals surface area contributed by atoms with Gasteiger partial charge >= 0.3 is 11.9 Å². The van der Waals surface area contributed by atoms with Crippen molar-refractivity contribution in [1.29, 1.82) is 5.41 Å². The summed E-state index contributed by atoms with van der Waals surface area (Å²) in [6, 6.07) is -0.560. The Kier molecular flexibility index (Phi) is 13.6. The van der Waals surface area contributed by atoms with E-state index in [2.05, 4.69) is 10.6 Å². The quantitative estimate of drug-likeness (QED) is 0.141. The van der Waals surface area contributed by atoms with Gasteiger partial charge in [0.25, 0.3) is 0 Å². The fourth-order valence-electron chi connectivity index (χ4n) is 2.40. The van der Waals surface area contributed by atoms with Crippen LogP contribution in [0.15, 0.2) is 0 Å². The van der Waals surface area contributed by atoms with Gasteiger partial charge in [0.05, 0.1) is 0 Å². The monoisotopic (exact) mass is 344 g/mol. The molecule has 0 aromatic rings. The molecule has 24 heavy (non-hydrogen) atoms. The Morgan fingerprint density at radius 1 is 0.917 bits per heavy atom. The minimum absolute atomic E-state index is 0.0993. The Bertz CT molecular complexity index is 377. The smallest absolute Gasteiger partial charge is 0.320 e. The predicted octanol–water partition coefficient (Wildman–Crippen LogP) is 1.50. The maximum Gasteiger partial charge on any atom is 0.320 e. The number of nitrogens with two attached hydrogens (primary N) is 1. The van der Waals surface area contributed by atoms with Crippen LogP contribution in [0, 0.1) is 5.41 Å². The number of hydrogen-bond donors (Lipinski definition) is 6. The van der Waals surface area contributed by atoms with E-state index in [0.29, 0.717) is 25.9 Å². The van der Waals surface area contributed by atoms with Gasteiger partial charge in [-0.3, -0.25) is 15.0 Å². The zero-order valence-electron chi connectivity index (χ0n) is 14.4. The summed E-state index contributed by atoms with van der Waals surface area (Å²) in [6.07, 6.45) is 8.32. The average molecular weight is 344 g/mol. The number of guanidine groups is 1. The van der Waals surface area contributed by atoms with E-state index in [1.54, 1.807) is 0 Å². The molecule has 0 aromatic carbocycles. The van der Waals surface area contributed by atoms with E-state index in [9.17, 15) is 9.59 Å². The van der Waals surface area contributed by atoms with Crippen molar-refractivity contribution in [2.24, 2.45) is 5.73 Å². The van der Waals surface area contributed by atoms with Gasteiger partial charge in [-0.1, -0.05) is 32.1 Å². The lowest BCUT2D eigenvalue weighted by molar-refractivity contribution is -0.140. The molecule has 8 heteroatoms. The Morgan fingerprint density at radius 2 is 1.50 bits per heavy atom. The van der Waals surface area contributed by atoms with Crippen LogP contribution < -0.4 is 16.4 Å². The van der Waals surface area contributed by atoms with E-state index in [4.69, 9.17) is 21.4 Å². The zero-order chi connectivity index (χ0) is 18.2. The van der Waals surface area contributed by atoms with Crippen LogP contribution in [-0.4, -0.2) is 47.2 Å². The molecule has 0 amide bonds. The molecule has 0 saturated heterocycles. The van der Waals surface area contributed by atoms with E-state index in [0.717, 1.165) is 44.9 Å². The number of carbonyl (C=O) groups is 2. The number of unbranched alkanes of at least 4 members (excludes halogenated alkanes) is 6. The van der Waals surface area contributed by atoms with Gasteiger partial charge in [0.1, 0.15) is 6.04 Å². The molecule has 0 aliphatic rings. The molecule has 8 nitrogen and oxygen atoms in total. The average Bonchev–Trinajstić information content (AvgIpc) is 2.50. The van der Waals surface area contributed by atoms with Crippen molar-refractivity contribution in [3.05, 3.63) is 0 Å². The molecule has 0 fully saturated rings. The molecule has 0 aliphatic heterocycles. The summed E-state index contributed by atoms with van der Waals surface area (Å²) in [5, 5.41) is 30.4. The molecule has 0 aliphatic carbocycles. The van der Waals surface area contributed by atoms with Gasteiger partial charge in [-0.05, 0) is 32.2 Å². The van der Waals surface area contributed by atoms with E-state index < -0.39 is 18.0 Å². The summed E-state index contributed by atoms with van der Waals surface area (Å²) in [7, 11) is 0. The molecule has 0 radical (unpaired) electrons. The number of aliphatic carboxylic acids is 2. The maximum absolute atomic E-state index is 11.2. The summed E-state index contributed by atoms with van der Waals surface area (Å²) < 4.78 is 0. The highest BCUT2D eigenvalue weighted by Crippen LogP contribution is 2.08. The van der Waals surface area contributed by atoms with Gasteiger partial charge in [0.15, 0.2) is 5.96 Å². The lowest BCUT2D eigenvalue weighted by Crippen LogP contribution is -2.38. The minimum atomic E-state index is -0.851. The number of carboxylic acid groups (broad SMARTS) is 2. The van der Waals surface area contributed by atoms with Crippen LogP contribution in [0.5, 0.6) is 0 Å². The Morgan fingerprint density at radius 3 is 2.04 bits per heavy atom. The molecule has 7 N–H and O–H groups in total. The van der Waals surface area contributed by atoms with E-state index >= 15 is 0 Å². The fraction of sp³-hybridized carbons (Fsp3) is 0.812. The first-order valence-corrected chi connectivity index (χ1v) is 8.69. The third-order valence-electron chi connectivity index (χ3n) is 3.74. The molecule has 140 valence electrons. The van der Waals surface area contributed by atoms with Crippen molar-refractivity contribution < 1.29 is 19.8 Å². The molecular formula is C16H32N4O4. The van der Waals surface area contributed by atoms with E-state index in [-0.39, 0.29) is 12.4 Å². The molecule has 0 bridgehead atoms. The van der Waals surface area contributed by atoms with Crippen LogP contribution in [0.4, 0.5) is 0 Å². The summed E-state index contributed by atoms with van der Waals surface area (Å²) in [6.45, 7) is 1.18. The van der Waals surface area contributed by atoms with Crippen molar-refractivity contribution in [3.63, 3.8) is 0 Å². The van der Waals surface area contributed by atoms with Crippen molar-refractivity contribution >= 4 is 17.9 Å². The second-order valence-corrected chi connectivity index (χ2v) is 5.95. The third kappa shape index (κ3) is 15.1. The first kappa shape index (κ1) is 22.2. The summed E-state index contributed by atoms with van der Waals surface area (Å²) >= 11 is 0. The number of nitrogens with one attached hydrogen (secondary N) is 3. The van der Waals surface area contributed by atoms with Crippen molar-refractivity contribution in [2.75, 3.05) is 13.1 Å². The van der Waals surface area contributed by atoms with E-state index in [1.807, 2.05) is 0 Å². The topological polar surface area (TPSA) is 149 Å². The normalized spacial score (nSPS) is 11.8. The molecular weight excluding hydrogens is 312 g/mol. The van der Waals surface area contributed by atoms with Gasteiger partial charge in [-0.2, -0.15) is 0 Å². The standard InChI is InChI=1S/C16H32N4O4/c17-16(18)20-12-8-9-13(15(23)24)19-11-7-5-3-1-2-4-6-10-14(21)22/h13,19H,1-12H2,(H,21,22)(H,23,24)(H4,17,18,20)/t13-/m0/s1. The van der Waals surface area contributed by atoms with Gasteiger partial charge in [0, 0.05) is 13.0 Å². The van der Waals surface area contributed by atoms with Crippen molar-refractivity contribution in [2.45, 2.75) is 70.3 Å². The number of rotatable bonds is 16. The van der Waals surface area contributed by atoms with Crippen molar-refractivity contribution in [1.82, 2.24) is 10.6 Å². The van der Waals surface area contributed by atoms with Crippen molar-refractivity contribution in [3.8, 4) is 0 Å². The summed E-state index contributed by atoms with van der Waals surface area (Å²) in [4.78, 5) is 21.5. The van der Waals surface area contributed by atoms with Gasteiger partial charge in [-0.25, -0.2) is 0 Å². The Balaban J connectivity index is 3.52. The first-order chi connectivity index (χ1) is 11.4. The number of hydrogen-bond acceptors (Lipinski definition) is 4. The Hall–Kier alpha value is -1.83. The second kappa shape index (κ2) is 14.7. The van der Waals surface area contributed by atoms with Crippen LogP contribution in [-0.2, 0) is 9.59 Å². The highest BCUT2D eigenvalue weighted by atomic mass is 16.4. The minimum Gasteiger partial charge on any atom is -0.481 e. The molecule has 1 atom stereocenters. The van der Waals surface area contributed by atoms with Crippen LogP contribution >= 0.6 is 0 Å². The molecule has 0 rings (SSSR count). The van der Waals surface area contributed by atoms with E-state index in [1.165, 1.54) is 0 Å². The first-order valence-electron chi connectivity index (χ1n) is 8.69. The van der Waals surface area contributed by atoms with Gasteiger partial charge in [-0.15, -0.1) is 0 Å². The van der Waals surface area contributed by atoms with Crippen LogP contribution in [0.25, 0.3) is 0 Å². The maximum atomic E-state index is 11.2. The Labute approximate surface area is 143 Å². The largest absolute Gasteiger partial charge is 0.481 e. The lowest BCUT2D eigenvalue weighted by atomic mass is 10.1. The molecule has 0 saturated carbocycles. The zero-order valence-corrected chi connectivity index (χ0v) is 14.4. The molecule has 0 aromatic heterocycles. The van der Waals surface area contributed by atoms with Crippen LogP contribution in [0.3, 0.4) is 0 Å². The molecule has 0 heterocycles. The fourth-order valence-corrected chi connectivity index (χ4v) is 2.40. The lowest BCUT2D eigenvalue weighted by Gasteiger charge is -2.14. The third-order valence-corrected chi connectivity index (χ3v) is 3.74. The summed E-state index contributed by atoms with van der Waals surface area (Å²) in [5.74, 6) is -1.68. The summed E-state index contributed by atoms with van der Waals surface area (Å²) in [5.41, 5.74) is 5.16. The molecule has 0 unspecified atom stereocenters. The van der Waals surface area contributed by atoms with Crippen LogP contribution in [0.1, 0.15) is 64.2 Å². The predicted molar refractivity (Wildman–Crippen MR) is 93.1 cm³/mol. The van der Waals surface area contributed by atoms with Gasteiger partial charge < -0.3 is 26.6 Å². The van der Waals surface area contributed by atoms with Gasteiger partial charge in [0.2, 0.25) is 0 Å². The second-order valence-electron chi connectivity index (χ2n) is 5.95.